The first-order valence-electron chi connectivity index (χ1n) is 5.73. The fourth-order valence-electron chi connectivity index (χ4n) is 2.36. The number of hydrogen-bond donors (Lipinski definition) is 1. The normalized spacial score (nSPS) is 20.5. The van der Waals surface area contributed by atoms with Crippen LogP contribution in [0.4, 0.5) is 4.39 Å². The van der Waals surface area contributed by atoms with Crippen LogP contribution in [0.1, 0.15) is 0 Å². The van der Waals surface area contributed by atoms with Crippen LogP contribution in [0.25, 0.3) is 0 Å². The molecule has 0 unspecified atom stereocenters. The molecule has 0 amide bonds. The van der Waals surface area contributed by atoms with Gasteiger partial charge in [0.05, 0.1) is 4.90 Å². The molecule has 3 rings (SSSR count). The molecule has 0 aromatic heterocycles. The molecule has 0 aliphatic carbocycles. The average molecular weight is 268 g/mol. The molecule has 0 atom stereocenters. The van der Waals surface area contributed by atoms with Gasteiger partial charge in [-0.1, -0.05) is 0 Å². The molecule has 0 saturated heterocycles. The van der Waals surface area contributed by atoms with Crippen LogP contribution >= 0.6 is 0 Å². The maximum Gasteiger partial charge on any atom is 0.243 e. The van der Waals surface area contributed by atoms with E-state index in [0.29, 0.717) is 13.1 Å². The topological polar surface area (TPSA) is 49.4 Å². The van der Waals surface area contributed by atoms with E-state index in [-0.39, 0.29) is 4.90 Å². The molecule has 2 aliphatic rings. The quantitative estimate of drug-likeness (QED) is 0.805. The van der Waals surface area contributed by atoms with Gasteiger partial charge in [-0.25, -0.2) is 12.8 Å². The zero-order chi connectivity index (χ0) is 12.8. The second kappa shape index (κ2) is 4.15. The highest BCUT2D eigenvalue weighted by molar-refractivity contribution is 7.89. The Bertz CT molecular complexity index is 591. The maximum atomic E-state index is 12.8. The van der Waals surface area contributed by atoms with Gasteiger partial charge in [-0.15, -0.1) is 0 Å². The van der Waals surface area contributed by atoms with Crippen molar-refractivity contribution < 1.29 is 12.8 Å². The first kappa shape index (κ1) is 11.8. The number of nitrogens with one attached hydrogen (secondary N) is 1. The molecule has 96 valence electrons. The van der Waals surface area contributed by atoms with Crippen LogP contribution in [0.2, 0.25) is 0 Å². The molecule has 0 spiro atoms. The van der Waals surface area contributed by atoms with Gasteiger partial charge >= 0.3 is 0 Å². The lowest BCUT2D eigenvalue weighted by Gasteiger charge is -2.18. The Balaban J connectivity index is 1.86. The van der Waals surface area contributed by atoms with E-state index in [2.05, 4.69) is 5.32 Å². The second-order valence-electron chi connectivity index (χ2n) is 4.54. The summed E-state index contributed by atoms with van der Waals surface area (Å²) in [6, 6.07) is 4.97. The van der Waals surface area contributed by atoms with Crippen molar-refractivity contribution >= 4 is 10.0 Å². The van der Waals surface area contributed by atoms with Crippen LogP contribution in [0.5, 0.6) is 0 Å². The Morgan fingerprint density at radius 1 is 1.06 bits per heavy atom. The van der Waals surface area contributed by atoms with Crippen molar-refractivity contribution in [3.05, 3.63) is 41.2 Å². The fraction of sp³-hybridized carbons (Fsp3) is 0.333. The third kappa shape index (κ3) is 1.86. The van der Waals surface area contributed by atoms with Crippen molar-refractivity contribution in [2.45, 2.75) is 4.90 Å². The summed E-state index contributed by atoms with van der Waals surface area (Å²) in [4.78, 5) is 0.151. The molecule has 0 saturated carbocycles. The van der Waals surface area contributed by atoms with Crippen molar-refractivity contribution in [2.24, 2.45) is 0 Å². The zero-order valence-electron chi connectivity index (χ0n) is 9.69. The van der Waals surface area contributed by atoms with Crippen molar-refractivity contribution in [3.63, 3.8) is 0 Å². The van der Waals surface area contributed by atoms with E-state index in [1.807, 2.05) is 0 Å². The SMILES string of the molecule is O=S(=O)(c1ccc(F)cc1)N1CC2=C(CNC2)C1. The van der Waals surface area contributed by atoms with Gasteiger partial charge in [0.1, 0.15) is 5.82 Å². The van der Waals surface area contributed by atoms with Crippen LogP contribution in [0, 0.1) is 5.82 Å². The summed E-state index contributed by atoms with van der Waals surface area (Å²) in [5.74, 6) is -0.430. The van der Waals surface area contributed by atoms with Crippen molar-refractivity contribution in [2.75, 3.05) is 26.2 Å². The molecule has 0 fully saturated rings. The summed E-state index contributed by atoms with van der Waals surface area (Å²) in [6.45, 7) is 2.43. The third-order valence-electron chi connectivity index (χ3n) is 3.36. The second-order valence-corrected chi connectivity index (χ2v) is 6.48. The van der Waals surface area contributed by atoms with Crippen LogP contribution in [-0.4, -0.2) is 38.9 Å². The molecule has 2 aliphatic heterocycles. The summed E-state index contributed by atoms with van der Waals surface area (Å²) in [7, 11) is -3.50. The summed E-state index contributed by atoms with van der Waals surface area (Å²) in [5, 5.41) is 3.20. The summed E-state index contributed by atoms with van der Waals surface area (Å²) >= 11 is 0. The van der Waals surface area contributed by atoms with Gasteiger partial charge in [-0.2, -0.15) is 4.31 Å². The molecule has 0 radical (unpaired) electrons. The maximum absolute atomic E-state index is 12.8. The van der Waals surface area contributed by atoms with Crippen molar-refractivity contribution in [1.29, 1.82) is 0 Å². The van der Waals surface area contributed by atoms with Gasteiger partial charge in [-0.3, -0.25) is 0 Å². The highest BCUT2D eigenvalue weighted by Gasteiger charge is 2.33. The van der Waals surface area contributed by atoms with Gasteiger partial charge in [0.15, 0.2) is 0 Å². The molecule has 1 aromatic carbocycles. The fourth-order valence-corrected chi connectivity index (χ4v) is 3.79. The number of benzene rings is 1. The Hall–Kier alpha value is -1.24. The van der Waals surface area contributed by atoms with E-state index in [1.165, 1.54) is 39.7 Å². The highest BCUT2D eigenvalue weighted by Crippen LogP contribution is 2.26. The minimum atomic E-state index is -3.50. The summed E-state index contributed by atoms with van der Waals surface area (Å²) in [6.07, 6.45) is 0. The van der Waals surface area contributed by atoms with Crippen LogP contribution in [0.3, 0.4) is 0 Å². The zero-order valence-corrected chi connectivity index (χ0v) is 10.5. The Morgan fingerprint density at radius 2 is 1.61 bits per heavy atom. The predicted molar refractivity (Wildman–Crippen MR) is 65.1 cm³/mol. The van der Waals surface area contributed by atoms with E-state index < -0.39 is 15.8 Å². The standard InChI is InChI=1S/C12H13FN2O2S/c13-11-1-3-12(4-2-11)18(16,17)15-7-9-5-14-6-10(9)8-15/h1-4,14H,5-8H2. The van der Waals surface area contributed by atoms with E-state index >= 15 is 0 Å². The van der Waals surface area contributed by atoms with Crippen molar-refractivity contribution in [1.82, 2.24) is 9.62 Å². The smallest absolute Gasteiger partial charge is 0.243 e. The number of nitrogens with zero attached hydrogens (tertiary/aromatic N) is 1. The van der Waals surface area contributed by atoms with E-state index in [9.17, 15) is 12.8 Å². The molecule has 1 aromatic rings. The van der Waals surface area contributed by atoms with Gasteiger partial charge < -0.3 is 5.32 Å². The van der Waals surface area contributed by atoms with Gasteiger partial charge in [0, 0.05) is 26.2 Å². The average Bonchev–Trinajstić information content (AvgIpc) is 2.89. The van der Waals surface area contributed by atoms with Gasteiger partial charge in [0.25, 0.3) is 0 Å². The van der Waals surface area contributed by atoms with E-state index in [1.54, 1.807) is 0 Å². The first-order chi connectivity index (χ1) is 8.57. The van der Waals surface area contributed by atoms with Crippen LogP contribution in [-0.2, 0) is 10.0 Å². The lowest BCUT2D eigenvalue weighted by molar-refractivity contribution is 0.473. The molecule has 0 bridgehead atoms. The van der Waals surface area contributed by atoms with Crippen molar-refractivity contribution in [3.8, 4) is 0 Å². The summed E-state index contributed by atoms with van der Waals surface area (Å²) < 4.78 is 38.9. The number of sulfonamides is 1. The third-order valence-corrected chi connectivity index (χ3v) is 5.17. The molecule has 1 N–H and O–H groups in total. The molecular formula is C12H13FN2O2S. The first-order valence-corrected chi connectivity index (χ1v) is 7.17. The van der Waals surface area contributed by atoms with Crippen LogP contribution < -0.4 is 5.32 Å². The Labute approximate surface area is 105 Å². The van der Waals surface area contributed by atoms with E-state index in [0.717, 1.165) is 13.1 Å². The molecule has 18 heavy (non-hydrogen) atoms. The molecule has 6 heteroatoms. The Kier molecular flexibility index (Phi) is 2.73. The predicted octanol–water partition coefficient (Wildman–Crippen LogP) is 0.730. The number of hydrogen-bond acceptors (Lipinski definition) is 3. The van der Waals surface area contributed by atoms with Crippen LogP contribution in [0.15, 0.2) is 40.3 Å². The molecule has 2 heterocycles. The van der Waals surface area contributed by atoms with Gasteiger partial charge in [0.2, 0.25) is 10.0 Å². The largest absolute Gasteiger partial charge is 0.309 e. The minimum Gasteiger partial charge on any atom is -0.309 e. The molecular weight excluding hydrogens is 255 g/mol. The van der Waals surface area contributed by atoms with Gasteiger partial charge in [-0.05, 0) is 35.4 Å². The minimum absolute atomic E-state index is 0.151. The number of rotatable bonds is 2. The lowest BCUT2D eigenvalue weighted by atomic mass is 10.2. The monoisotopic (exact) mass is 268 g/mol. The lowest BCUT2D eigenvalue weighted by Crippen LogP contribution is -2.32. The Morgan fingerprint density at radius 3 is 2.17 bits per heavy atom. The highest BCUT2D eigenvalue weighted by atomic mass is 32.2. The van der Waals surface area contributed by atoms with E-state index in [4.69, 9.17) is 0 Å². The molecule has 4 nitrogen and oxygen atoms in total. The summed E-state index contributed by atoms with van der Waals surface area (Å²) in [5.41, 5.74) is 2.33. The number of halogens is 1.